The first kappa shape index (κ1) is 27.6. The number of aryl methyl sites for hydroxylation is 1. The Bertz CT molecular complexity index is 1390. The zero-order chi connectivity index (χ0) is 27.0. The van der Waals surface area contributed by atoms with Crippen LogP contribution >= 0.6 is 15.9 Å². The van der Waals surface area contributed by atoms with Gasteiger partial charge in [0, 0.05) is 30.0 Å². The average molecular weight is 601 g/mol. The van der Waals surface area contributed by atoms with Gasteiger partial charge in [-0.2, -0.15) is 13.2 Å². The van der Waals surface area contributed by atoms with Gasteiger partial charge in [0.15, 0.2) is 9.84 Å². The lowest BCUT2D eigenvalue weighted by molar-refractivity contribution is -0.183. The highest BCUT2D eigenvalue weighted by Gasteiger charge is 2.41. The molecule has 1 aliphatic rings. The number of rotatable bonds is 7. The van der Waals surface area contributed by atoms with Crippen LogP contribution in [0.25, 0.3) is 11.0 Å². The van der Waals surface area contributed by atoms with E-state index >= 15 is 0 Å². The molecule has 1 amide bonds. The molecule has 2 aromatic carbocycles. The number of hydrogen-bond donors (Lipinski definition) is 1. The number of halogens is 4. The molecule has 1 fully saturated rings. The predicted octanol–water partition coefficient (Wildman–Crippen LogP) is 5.97. The highest BCUT2D eigenvalue weighted by atomic mass is 79.9. The van der Waals surface area contributed by atoms with E-state index in [1.54, 1.807) is 31.2 Å². The van der Waals surface area contributed by atoms with Crippen molar-refractivity contribution in [3.05, 3.63) is 57.8 Å². The van der Waals surface area contributed by atoms with Crippen LogP contribution in [0.15, 0.2) is 45.8 Å². The summed E-state index contributed by atoms with van der Waals surface area (Å²) in [7, 11) is -1.41. The minimum Gasteiger partial charge on any atom is -0.348 e. The fourth-order valence-electron chi connectivity index (χ4n) is 4.88. The zero-order valence-electron chi connectivity index (χ0n) is 20.6. The van der Waals surface area contributed by atoms with Gasteiger partial charge in [0.25, 0.3) is 5.91 Å². The van der Waals surface area contributed by atoms with Crippen LogP contribution in [0.3, 0.4) is 0 Å². The van der Waals surface area contributed by atoms with E-state index < -0.39 is 21.9 Å². The van der Waals surface area contributed by atoms with Gasteiger partial charge in [-0.15, -0.1) is 0 Å². The van der Waals surface area contributed by atoms with Crippen LogP contribution in [-0.2, 0) is 29.9 Å². The average Bonchev–Trinajstić information content (AvgIpc) is 3.17. The normalized spacial score (nSPS) is 18.8. The molecule has 11 heteroatoms. The van der Waals surface area contributed by atoms with E-state index in [9.17, 15) is 26.4 Å². The molecule has 0 unspecified atom stereocenters. The van der Waals surface area contributed by atoms with Crippen LogP contribution in [-0.4, -0.2) is 35.8 Å². The maximum absolute atomic E-state index is 13.0. The van der Waals surface area contributed by atoms with E-state index in [1.165, 1.54) is 12.1 Å². The summed E-state index contributed by atoms with van der Waals surface area (Å²) in [5.41, 5.74) is 2.64. The molecule has 4 rings (SSSR count). The summed E-state index contributed by atoms with van der Waals surface area (Å²) in [5.74, 6) is -0.554. The van der Waals surface area contributed by atoms with E-state index in [-0.39, 0.29) is 41.9 Å². The van der Waals surface area contributed by atoms with Crippen LogP contribution in [0.2, 0.25) is 0 Å². The molecule has 37 heavy (non-hydrogen) atoms. The third kappa shape index (κ3) is 6.19. The number of hydrogen-bond acceptors (Lipinski definition) is 4. The summed E-state index contributed by atoms with van der Waals surface area (Å²) in [5, 5.41) is 2.85. The first-order valence-corrected chi connectivity index (χ1v) is 14.6. The Kier molecular flexibility index (Phi) is 8.04. The standard InChI is InChI=1S/C26H29BrF3N3O3S/c1-3-37(35,36)20-10-6-17(7-11-20)15-31-25(34)18-13-21(27)24-22(14-18)32-23(33(24)2)12-16-4-8-19(9-5-16)26(28,29)30/h6-7,10-11,13-14,16,19H,3-5,8-9,12,15H2,1-2H3,(H,31,34)/t16-,19-. The Hall–Kier alpha value is -2.40. The van der Waals surface area contributed by atoms with Crippen LogP contribution < -0.4 is 5.32 Å². The maximum Gasteiger partial charge on any atom is 0.391 e. The van der Waals surface area contributed by atoms with Gasteiger partial charge < -0.3 is 9.88 Å². The first-order chi connectivity index (χ1) is 17.4. The van der Waals surface area contributed by atoms with Gasteiger partial charge in [-0.3, -0.25) is 4.79 Å². The van der Waals surface area contributed by atoms with Crippen molar-refractivity contribution in [1.29, 1.82) is 0 Å². The molecule has 0 atom stereocenters. The van der Waals surface area contributed by atoms with Crippen molar-refractivity contribution in [1.82, 2.24) is 14.9 Å². The number of sulfone groups is 1. The van der Waals surface area contributed by atoms with Crippen LogP contribution in [0, 0.1) is 11.8 Å². The zero-order valence-corrected chi connectivity index (χ0v) is 23.0. The largest absolute Gasteiger partial charge is 0.391 e. The SMILES string of the molecule is CCS(=O)(=O)c1ccc(CNC(=O)c2cc(Br)c3c(c2)nc(C[C@H]2CC[C@H](C(F)(F)F)CC2)n3C)cc1. The van der Waals surface area contributed by atoms with Crippen LogP contribution in [0.5, 0.6) is 0 Å². The van der Waals surface area contributed by atoms with Crippen molar-refractivity contribution >= 4 is 42.7 Å². The number of benzene rings is 2. The Morgan fingerprint density at radius 2 is 1.78 bits per heavy atom. The summed E-state index contributed by atoms with van der Waals surface area (Å²) < 4.78 is 65.5. The number of imidazole rings is 1. The van der Waals surface area contributed by atoms with Crippen molar-refractivity contribution in [3.63, 3.8) is 0 Å². The number of carbonyl (C=O) groups excluding carboxylic acids is 1. The fraction of sp³-hybridized carbons (Fsp3) is 0.462. The van der Waals surface area contributed by atoms with E-state index in [0.29, 0.717) is 34.8 Å². The van der Waals surface area contributed by atoms with Gasteiger partial charge in [0.05, 0.1) is 27.6 Å². The maximum atomic E-state index is 13.0. The van der Waals surface area contributed by atoms with Crippen molar-refractivity contribution in [2.75, 3.05) is 5.75 Å². The van der Waals surface area contributed by atoms with E-state index in [2.05, 4.69) is 21.2 Å². The lowest BCUT2D eigenvalue weighted by atomic mass is 9.80. The Morgan fingerprint density at radius 3 is 2.38 bits per heavy atom. The van der Waals surface area contributed by atoms with E-state index in [0.717, 1.165) is 16.9 Å². The minimum absolute atomic E-state index is 0.0227. The number of aromatic nitrogens is 2. The van der Waals surface area contributed by atoms with Crippen molar-refractivity contribution in [2.45, 2.75) is 56.6 Å². The van der Waals surface area contributed by atoms with Crippen molar-refractivity contribution < 1.29 is 26.4 Å². The van der Waals surface area contributed by atoms with Gasteiger partial charge >= 0.3 is 6.18 Å². The van der Waals surface area contributed by atoms with Crippen molar-refractivity contribution in [3.8, 4) is 0 Å². The summed E-state index contributed by atoms with van der Waals surface area (Å²) in [6.07, 6.45) is -2.18. The first-order valence-electron chi connectivity index (χ1n) is 12.2. The summed E-state index contributed by atoms with van der Waals surface area (Å²) in [6, 6.07) is 9.84. The molecule has 1 heterocycles. The van der Waals surface area contributed by atoms with Crippen LogP contribution in [0.1, 0.15) is 54.4 Å². The van der Waals surface area contributed by atoms with E-state index in [4.69, 9.17) is 4.98 Å². The number of amides is 1. The second kappa shape index (κ2) is 10.8. The quantitative estimate of drug-likeness (QED) is 0.363. The number of alkyl halides is 3. The second-order valence-corrected chi connectivity index (χ2v) is 12.7. The van der Waals surface area contributed by atoms with Gasteiger partial charge in [-0.25, -0.2) is 13.4 Å². The summed E-state index contributed by atoms with van der Waals surface area (Å²) in [6.45, 7) is 1.82. The molecule has 1 aromatic heterocycles. The minimum atomic E-state index is -4.12. The molecule has 1 saturated carbocycles. The van der Waals surface area contributed by atoms with Gasteiger partial charge in [-0.1, -0.05) is 19.1 Å². The van der Waals surface area contributed by atoms with Gasteiger partial charge in [0.2, 0.25) is 0 Å². The molecule has 3 aromatic rings. The fourth-order valence-corrected chi connectivity index (χ4v) is 6.48. The molecule has 200 valence electrons. The molecular weight excluding hydrogens is 571 g/mol. The molecule has 0 radical (unpaired) electrons. The van der Waals surface area contributed by atoms with Crippen molar-refractivity contribution in [2.24, 2.45) is 18.9 Å². The highest BCUT2D eigenvalue weighted by Crippen LogP contribution is 2.40. The number of nitrogens with zero attached hydrogens (tertiary/aromatic N) is 2. The van der Waals surface area contributed by atoms with E-state index in [1.807, 2.05) is 11.6 Å². The summed E-state index contributed by atoms with van der Waals surface area (Å²) >= 11 is 3.54. The number of nitrogens with one attached hydrogen (secondary N) is 1. The Balaban J connectivity index is 1.44. The third-order valence-corrected chi connectivity index (χ3v) is 9.53. The monoisotopic (exact) mass is 599 g/mol. The summed E-state index contributed by atoms with van der Waals surface area (Å²) in [4.78, 5) is 17.8. The number of fused-ring (bicyclic) bond motifs is 1. The highest BCUT2D eigenvalue weighted by molar-refractivity contribution is 9.10. The second-order valence-electron chi connectivity index (χ2n) is 9.61. The molecule has 6 nitrogen and oxygen atoms in total. The lowest BCUT2D eigenvalue weighted by Crippen LogP contribution is -2.28. The van der Waals surface area contributed by atoms with Gasteiger partial charge in [-0.05, 0) is 77.4 Å². The predicted molar refractivity (Wildman–Crippen MR) is 139 cm³/mol. The Morgan fingerprint density at radius 1 is 1.14 bits per heavy atom. The molecule has 0 aliphatic heterocycles. The third-order valence-electron chi connectivity index (χ3n) is 7.17. The number of carbonyl (C=O) groups is 1. The molecule has 0 spiro atoms. The van der Waals surface area contributed by atoms with Gasteiger partial charge in [0.1, 0.15) is 5.82 Å². The molecular formula is C26H29BrF3N3O3S. The molecule has 0 bridgehead atoms. The lowest BCUT2D eigenvalue weighted by Gasteiger charge is -2.29. The van der Waals surface area contributed by atoms with Crippen LogP contribution in [0.4, 0.5) is 13.2 Å². The molecule has 1 N–H and O–H groups in total. The molecule has 0 saturated heterocycles. The smallest absolute Gasteiger partial charge is 0.348 e. The molecule has 1 aliphatic carbocycles. The Labute approximate surface area is 222 Å². The topological polar surface area (TPSA) is 81.1 Å².